The first-order chi connectivity index (χ1) is 11.4. The highest BCUT2D eigenvalue weighted by molar-refractivity contribution is 7.92. The minimum Gasteiger partial charge on any atom is -0.370 e. The minimum atomic E-state index is -3.61. The lowest BCUT2D eigenvalue weighted by Crippen LogP contribution is -2.14. The van der Waals surface area contributed by atoms with Gasteiger partial charge in [-0.25, -0.2) is 13.4 Å². The fourth-order valence-electron chi connectivity index (χ4n) is 2.46. The Morgan fingerprint density at radius 3 is 2.50 bits per heavy atom. The Bertz CT molecular complexity index is 771. The number of pyridine rings is 1. The van der Waals surface area contributed by atoms with Crippen molar-refractivity contribution in [1.29, 1.82) is 0 Å². The first kappa shape index (κ1) is 18.3. The fraction of sp³-hybridized carbons (Fsp3) is 0.389. The number of benzene rings is 1. The maximum atomic E-state index is 12.5. The van der Waals surface area contributed by atoms with Crippen LogP contribution in [0, 0.1) is 13.8 Å². The number of nitrogens with zero attached hydrogens (tertiary/aromatic N) is 1. The molecule has 0 unspecified atom stereocenters. The molecule has 0 saturated carbocycles. The smallest absolute Gasteiger partial charge is 0.262 e. The summed E-state index contributed by atoms with van der Waals surface area (Å²) in [5.74, 6) is 0.751. The number of anilines is 2. The molecular weight excluding hydrogens is 322 g/mol. The van der Waals surface area contributed by atoms with Gasteiger partial charge in [-0.15, -0.1) is 0 Å². The molecule has 6 heteroatoms. The summed E-state index contributed by atoms with van der Waals surface area (Å²) in [6.07, 6.45) is 4.98. The Morgan fingerprint density at radius 2 is 1.88 bits per heavy atom. The highest BCUT2D eigenvalue weighted by atomic mass is 32.2. The van der Waals surface area contributed by atoms with Crippen LogP contribution < -0.4 is 10.0 Å². The molecule has 130 valence electrons. The first-order valence-electron chi connectivity index (χ1n) is 8.22. The third-order valence-corrected chi connectivity index (χ3v) is 5.26. The molecule has 5 nitrogen and oxygen atoms in total. The molecule has 2 aromatic rings. The molecule has 1 heterocycles. The van der Waals surface area contributed by atoms with Crippen LogP contribution in [0.15, 0.2) is 41.4 Å². The molecule has 2 rings (SSSR count). The van der Waals surface area contributed by atoms with Crippen molar-refractivity contribution in [1.82, 2.24) is 4.98 Å². The van der Waals surface area contributed by atoms with Gasteiger partial charge in [0.15, 0.2) is 0 Å². The van der Waals surface area contributed by atoms with Gasteiger partial charge in [-0.1, -0.05) is 37.5 Å². The van der Waals surface area contributed by atoms with Gasteiger partial charge in [0.2, 0.25) is 0 Å². The maximum Gasteiger partial charge on any atom is 0.262 e. The van der Waals surface area contributed by atoms with E-state index in [1.807, 2.05) is 13.0 Å². The Morgan fingerprint density at radius 1 is 1.08 bits per heavy atom. The van der Waals surface area contributed by atoms with Crippen LogP contribution >= 0.6 is 0 Å². The van der Waals surface area contributed by atoms with Crippen LogP contribution in [0.25, 0.3) is 0 Å². The van der Waals surface area contributed by atoms with Crippen molar-refractivity contribution >= 4 is 21.5 Å². The van der Waals surface area contributed by atoms with Gasteiger partial charge in [0.25, 0.3) is 10.0 Å². The number of aromatic nitrogens is 1. The molecule has 0 fully saturated rings. The van der Waals surface area contributed by atoms with E-state index in [2.05, 4.69) is 21.9 Å². The van der Waals surface area contributed by atoms with Gasteiger partial charge in [-0.3, -0.25) is 4.72 Å². The second kappa shape index (κ2) is 8.15. The summed E-state index contributed by atoms with van der Waals surface area (Å²) < 4.78 is 27.6. The zero-order valence-corrected chi connectivity index (χ0v) is 15.3. The number of aryl methyl sites for hydroxylation is 2. The second-order valence-corrected chi connectivity index (χ2v) is 7.59. The summed E-state index contributed by atoms with van der Waals surface area (Å²) >= 11 is 0. The first-order valence-corrected chi connectivity index (χ1v) is 9.70. The van der Waals surface area contributed by atoms with E-state index in [1.54, 1.807) is 31.2 Å². The van der Waals surface area contributed by atoms with E-state index < -0.39 is 10.0 Å². The van der Waals surface area contributed by atoms with Gasteiger partial charge in [-0.05, 0) is 44.0 Å². The van der Waals surface area contributed by atoms with Crippen LogP contribution in [0.5, 0.6) is 0 Å². The Kier molecular flexibility index (Phi) is 6.20. The summed E-state index contributed by atoms with van der Waals surface area (Å²) in [7, 11) is -3.61. The zero-order valence-electron chi connectivity index (χ0n) is 14.5. The van der Waals surface area contributed by atoms with Gasteiger partial charge in [0, 0.05) is 6.54 Å². The van der Waals surface area contributed by atoms with Gasteiger partial charge in [-0.2, -0.15) is 0 Å². The second-order valence-electron chi connectivity index (χ2n) is 5.94. The monoisotopic (exact) mass is 347 g/mol. The quantitative estimate of drug-likeness (QED) is 0.705. The molecule has 1 aromatic heterocycles. The maximum absolute atomic E-state index is 12.5. The van der Waals surface area contributed by atoms with E-state index in [4.69, 9.17) is 0 Å². The molecule has 0 aliphatic rings. The van der Waals surface area contributed by atoms with Crippen LogP contribution in [0.1, 0.15) is 37.3 Å². The van der Waals surface area contributed by atoms with Gasteiger partial charge in [0.05, 0.1) is 16.8 Å². The topological polar surface area (TPSA) is 71.1 Å². The number of sulfonamides is 1. The van der Waals surface area contributed by atoms with E-state index in [9.17, 15) is 8.42 Å². The summed E-state index contributed by atoms with van der Waals surface area (Å²) in [4.78, 5) is 4.54. The molecule has 0 bridgehead atoms. The largest absolute Gasteiger partial charge is 0.370 e. The summed E-state index contributed by atoms with van der Waals surface area (Å²) in [5, 5.41) is 3.23. The van der Waals surface area contributed by atoms with Crippen molar-refractivity contribution in [2.45, 2.75) is 44.9 Å². The summed E-state index contributed by atoms with van der Waals surface area (Å²) in [6, 6.07) is 8.78. The Labute approximate surface area is 144 Å². The highest BCUT2D eigenvalue weighted by Crippen LogP contribution is 2.20. The van der Waals surface area contributed by atoms with Crippen molar-refractivity contribution in [3.63, 3.8) is 0 Å². The van der Waals surface area contributed by atoms with Gasteiger partial charge < -0.3 is 5.32 Å². The van der Waals surface area contributed by atoms with Crippen LogP contribution in [-0.2, 0) is 10.0 Å². The van der Waals surface area contributed by atoms with Crippen molar-refractivity contribution < 1.29 is 8.42 Å². The average molecular weight is 347 g/mol. The molecule has 0 amide bonds. The number of hydrogen-bond donors (Lipinski definition) is 2. The third kappa shape index (κ3) is 4.96. The van der Waals surface area contributed by atoms with E-state index >= 15 is 0 Å². The lowest BCUT2D eigenvalue weighted by atomic mass is 10.2. The SMILES string of the molecule is CCCCCNc1ccc(NS(=O)(=O)c2ccc(C)cc2C)cn1. The van der Waals surface area contributed by atoms with Crippen molar-refractivity contribution in [2.75, 3.05) is 16.6 Å². The summed E-state index contributed by atoms with van der Waals surface area (Å²) in [5.41, 5.74) is 2.21. The number of nitrogens with one attached hydrogen (secondary N) is 2. The lowest BCUT2D eigenvalue weighted by Gasteiger charge is -2.11. The van der Waals surface area contributed by atoms with E-state index in [-0.39, 0.29) is 4.90 Å². The Hall–Kier alpha value is -2.08. The lowest BCUT2D eigenvalue weighted by molar-refractivity contribution is 0.600. The molecule has 0 atom stereocenters. The molecular formula is C18H25N3O2S. The molecule has 24 heavy (non-hydrogen) atoms. The molecule has 1 aromatic carbocycles. The van der Waals surface area contributed by atoms with Gasteiger partial charge in [0.1, 0.15) is 5.82 Å². The van der Waals surface area contributed by atoms with Gasteiger partial charge >= 0.3 is 0 Å². The predicted molar refractivity (Wildman–Crippen MR) is 99.0 cm³/mol. The third-order valence-electron chi connectivity index (χ3n) is 3.72. The normalized spacial score (nSPS) is 11.3. The molecule has 0 aliphatic carbocycles. The van der Waals surface area contributed by atoms with Crippen LogP contribution in [-0.4, -0.2) is 19.9 Å². The van der Waals surface area contributed by atoms with Crippen molar-refractivity contribution in [3.05, 3.63) is 47.7 Å². The number of hydrogen-bond acceptors (Lipinski definition) is 4. The van der Waals surface area contributed by atoms with Crippen molar-refractivity contribution in [2.24, 2.45) is 0 Å². The average Bonchev–Trinajstić information content (AvgIpc) is 2.52. The van der Waals surface area contributed by atoms with Crippen LogP contribution in [0.4, 0.5) is 11.5 Å². The number of unbranched alkanes of at least 4 members (excludes halogenated alkanes) is 2. The van der Waals surface area contributed by atoms with Crippen LogP contribution in [0.3, 0.4) is 0 Å². The highest BCUT2D eigenvalue weighted by Gasteiger charge is 2.16. The van der Waals surface area contributed by atoms with Crippen LogP contribution in [0.2, 0.25) is 0 Å². The van der Waals surface area contributed by atoms with E-state index in [0.717, 1.165) is 29.9 Å². The molecule has 0 saturated heterocycles. The predicted octanol–water partition coefficient (Wildman–Crippen LogP) is 4.10. The zero-order chi connectivity index (χ0) is 17.6. The molecule has 0 aliphatic heterocycles. The van der Waals surface area contributed by atoms with E-state index in [1.165, 1.54) is 19.0 Å². The molecule has 0 spiro atoms. The standard InChI is InChI=1S/C18H25N3O2S/c1-4-5-6-11-19-18-10-8-16(13-20-18)21-24(22,23)17-9-7-14(2)12-15(17)3/h7-10,12-13,21H,4-6,11H2,1-3H3,(H,19,20). The van der Waals surface area contributed by atoms with E-state index in [0.29, 0.717) is 5.69 Å². The van der Waals surface area contributed by atoms with Crippen molar-refractivity contribution in [3.8, 4) is 0 Å². The molecule has 0 radical (unpaired) electrons. The molecule has 2 N–H and O–H groups in total. The Balaban J connectivity index is 2.04. The summed E-state index contributed by atoms with van der Waals surface area (Å²) in [6.45, 7) is 6.76. The fourth-order valence-corrected chi connectivity index (χ4v) is 3.73. The minimum absolute atomic E-state index is 0.287. The number of rotatable bonds is 8.